The molecule has 0 bridgehead atoms. The Morgan fingerprint density at radius 1 is 1.47 bits per heavy atom. The summed E-state index contributed by atoms with van der Waals surface area (Å²) in [6.07, 6.45) is 6.52. The lowest BCUT2D eigenvalue weighted by atomic mass is 9.75. The molecule has 0 aromatic carbocycles. The average molecular weight is 242 g/mol. The molecule has 0 radical (unpaired) electrons. The third-order valence-corrected chi connectivity index (χ3v) is 4.16. The number of hydrogen-bond acceptors (Lipinski definition) is 4. The highest BCUT2D eigenvalue weighted by molar-refractivity contribution is 4.86. The van der Waals surface area contributed by atoms with Crippen LogP contribution in [0, 0.1) is 11.8 Å². The second kappa shape index (κ2) is 6.69. The van der Waals surface area contributed by atoms with Crippen molar-refractivity contribution < 1.29 is 9.47 Å². The molecule has 2 fully saturated rings. The summed E-state index contributed by atoms with van der Waals surface area (Å²) in [6.45, 7) is 4.70. The smallest absolute Gasteiger partial charge is 0.0580 e. The molecule has 1 heterocycles. The van der Waals surface area contributed by atoms with E-state index in [1.165, 1.54) is 32.1 Å². The third kappa shape index (κ3) is 3.65. The van der Waals surface area contributed by atoms with Gasteiger partial charge in [-0.05, 0) is 50.9 Å². The van der Waals surface area contributed by atoms with Gasteiger partial charge in [0.05, 0.1) is 12.7 Å². The van der Waals surface area contributed by atoms with Crippen molar-refractivity contribution in [3.05, 3.63) is 0 Å². The molecule has 2 unspecified atom stereocenters. The van der Waals surface area contributed by atoms with Crippen molar-refractivity contribution >= 4 is 0 Å². The van der Waals surface area contributed by atoms with Crippen LogP contribution in [0.3, 0.4) is 0 Å². The maximum absolute atomic E-state index is 5.69. The zero-order chi connectivity index (χ0) is 12.1. The van der Waals surface area contributed by atoms with Crippen molar-refractivity contribution in [1.82, 2.24) is 5.43 Å². The summed E-state index contributed by atoms with van der Waals surface area (Å²) in [5, 5.41) is 0. The summed E-state index contributed by atoms with van der Waals surface area (Å²) in [6, 6.07) is 0.419. The Balaban J connectivity index is 1.69. The number of ether oxygens (including phenoxy) is 2. The van der Waals surface area contributed by atoms with Crippen molar-refractivity contribution in [1.29, 1.82) is 0 Å². The summed E-state index contributed by atoms with van der Waals surface area (Å²) in [7, 11) is 0. The summed E-state index contributed by atoms with van der Waals surface area (Å²) in [4.78, 5) is 0. The Hall–Kier alpha value is -0.160. The van der Waals surface area contributed by atoms with E-state index in [0.717, 1.165) is 25.7 Å². The van der Waals surface area contributed by atoms with Gasteiger partial charge in [0, 0.05) is 19.3 Å². The van der Waals surface area contributed by atoms with Gasteiger partial charge in [-0.25, -0.2) is 0 Å². The number of hydrogen-bond donors (Lipinski definition) is 2. The molecule has 1 aliphatic carbocycles. The molecular formula is C13H26N2O2. The Morgan fingerprint density at radius 2 is 2.29 bits per heavy atom. The third-order valence-electron chi connectivity index (χ3n) is 4.16. The minimum Gasteiger partial charge on any atom is -0.381 e. The Labute approximate surface area is 104 Å². The molecule has 2 rings (SSSR count). The first-order valence-electron chi connectivity index (χ1n) is 6.99. The van der Waals surface area contributed by atoms with Crippen LogP contribution in [-0.2, 0) is 9.47 Å². The highest BCUT2D eigenvalue weighted by Gasteiger charge is 2.33. The van der Waals surface area contributed by atoms with Gasteiger partial charge >= 0.3 is 0 Å². The molecule has 0 amide bonds. The molecule has 17 heavy (non-hydrogen) atoms. The molecule has 3 N–H and O–H groups in total. The Bertz CT molecular complexity index is 213. The fraction of sp³-hybridized carbons (Fsp3) is 1.00. The van der Waals surface area contributed by atoms with E-state index in [-0.39, 0.29) is 0 Å². The fourth-order valence-corrected chi connectivity index (χ4v) is 3.08. The van der Waals surface area contributed by atoms with Crippen LogP contribution in [0.4, 0.5) is 0 Å². The highest BCUT2D eigenvalue weighted by Crippen LogP contribution is 2.35. The van der Waals surface area contributed by atoms with Crippen LogP contribution >= 0.6 is 0 Å². The van der Waals surface area contributed by atoms with E-state index in [4.69, 9.17) is 15.3 Å². The molecule has 2 atom stereocenters. The summed E-state index contributed by atoms with van der Waals surface area (Å²) >= 11 is 0. The predicted molar refractivity (Wildman–Crippen MR) is 67.4 cm³/mol. The molecule has 4 nitrogen and oxygen atoms in total. The second-order valence-corrected chi connectivity index (χ2v) is 5.40. The Morgan fingerprint density at radius 3 is 2.88 bits per heavy atom. The van der Waals surface area contributed by atoms with Gasteiger partial charge in [0.2, 0.25) is 0 Å². The van der Waals surface area contributed by atoms with Crippen LogP contribution in [0.2, 0.25) is 0 Å². The van der Waals surface area contributed by atoms with Gasteiger partial charge in [-0.3, -0.25) is 11.3 Å². The van der Waals surface area contributed by atoms with Crippen molar-refractivity contribution in [2.24, 2.45) is 17.7 Å². The molecule has 1 saturated heterocycles. The van der Waals surface area contributed by atoms with Crippen molar-refractivity contribution in [3.63, 3.8) is 0 Å². The van der Waals surface area contributed by atoms with E-state index in [2.05, 4.69) is 12.3 Å². The molecule has 0 aromatic heterocycles. The first kappa shape index (κ1) is 13.3. The standard InChI is InChI=1S/C13H26N2O2/c1-2-17-12-6-10(7-12)8-13(15-14)11-4-3-5-16-9-11/h10-13,15H,2-9,14H2,1H3. The van der Waals surface area contributed by atoms with Crippen molar-refractivity contribution in [3.8, 4) is 0 Å². The summed E-state index contributed by atoms with van der Waals surface area (Å²) in [5.41, 5.74) is 3.00. The van der Waals surface area contributed by atoms with Gasteiger partial charge in [-0.2, -0.15) is 0 Å². The largest absolute Gasteiger partial charge is 0.381 e. The average Bonchev–Trinajstić information content (AvgIpc) is 2.33. The van der Waals surface area contributed by atoms with Gasteiger partial charge in [0.15, 0.2) is 0 Å². The maximum Gasteiger partial charge on any atom is 0.0580 e. The van der Waals surface area contributed by atoms with E-state index < -0.39 is 0 Å². The number of rotatable bonds is 6. The predicted octanol–water partition coefficient (Wildman–Crippen LogP) is 1.45. The van der Waals surface area contributed by atoms with Crippen molar-refractivity contribution in [2.45, 2.75) is 51.2 Å². The van der Waals surface area contributed by atoms with Crippen LogP contribution < -0.4 is 11.3 Å². The molecule has 4 heteroatoms. The van der Waals surface area contributed by atoms with Gasteiger partial charge in [-0.15, -0.1) is 0 Å². The second-order valence-electron chi connectivity index (χ2n) is 5.40. The number of hydrazine groups is 1. The van der Waals surface area contributed by atoms with E-state index in [9.17, 15) is 0 Å². The monoisotopic (exact) mass is 242 g/mol. The SMILES string of the molecule is CCOC1CC(CC(NN)C2CCCOC2)C1. The Kier molecular flexibility index (Phi) is 5.22. The first-order chi connectivity index (χ1) is 8.33. The van der Waals surface area contributed by atoms with Gasteiger partial charge in [0.25, 0.3) is 0 Å². The van der Waals surface area contributed by atoms with Gasteiger partial charge in [-0.1, -0.05) is 0 Å². The summed E-state index contributed by atoms with van der Waals surface area (Å²) in [5.74, 6) is 7.07. The molecule has 100 valence electrons. The first-order valence-corrected chi connectivity index (χ1v) is 6.99. The van der Waals surface area contributed by atoms with Gasteiger partial charge in [0.1, 0.15) is 0 Å². The zero-order valence-corrected chi connectivity index (χ0v) is 10.9. The molecule has 2 aliphatic rings. The number of nitrogens with two attached hydrogens (primary N) is 1. The lowest BCUT2D eigenvalue weighted by Gasteiger charge is -2.39. The van der Waals surface area contributed by atoms with Crippen LogP contribution in [0.1, 0.15) is 39.0 Å². The minimum absolute atomic E-state index is 0.419. The van der Waals surface area contributed by atoms with Crippen LogP contribution in [0.15, 0.2) is 0 Å². The molecule has 1 saturated carbocycles. The molecule has 0 aromatic rings. The van der Waals surface area contributed by atoms with Crippen LogP contribution in [0.25, 0.3) is 0 Å². The highest BCUT2D eigenvalue weighted by atomic mass is 16.5. The van der Waals surface area contributed by atoms with Crippen LogP contribution in [-0.4, -0.2) is 32.0 Å². The van der Waals surface area contributed by atoms with E-state index in [0.29, 0.717) is 18.1 Å². The zero-order valence-electron chi connectivity index (χ0n) is 10.9. The fourth-order valence-electron chi connectivity index (χ4n) is 3.08. The quantitative estimate of drug-likeness (QED) is 0.547. The minimum atomic E-state index is 0.419. The lowest BCUT2D eigenvalue weighted by molar-refractivity contribution is -0.0352. The lowest BCUT2D eigenvalue weighted by Crippen LogP contribution is -2.47. The van der Waals surface area contributed by atoms with Crippen molar-refractivity contribution in [2.75, 3.05) is 19.8 Å². The topological polar surface area (TPSA) is 56.5 Å². The van der Waals surface area contributed by atoms with Crippen LogP contribution in [0.5, 0.6) is 0 Å². The molecule has 0 spiro atoms. The van der Waals surface area contributed by atoms with Gasteiger partial charge < -0.3 is 9.47 Å². The molecule has 1 aliphatic heterocycles. The van der Waals surface area contributed by atoms with E-state index >= 15 is 0 Å². The van der Waals surface area contributed by atoms with E-state index in [1.807, 2.05) is 0 Å². The summed E-state index contributed by atoms with van der Waals surface area (Å²) < 4.78 is 11.1. The van der Waals surface area contributed by atoms with E-state index in [1.54, 1.807) is 0 Å². The molecular weight excluding hydrogens is 216 g/mol. The number of nitrogens with one attached hydrogen (secondary N) is 1. The normalized spacial score (nSPS) is 35.3. The maximum atomic E-state index is 5.69.